The van der Waals surface area contributed by atoms with Crippen molar-refractivity contribution in [2.24, 2.45) is 4.99 Å². The number of hydrogen-bond acceptors (Lipinski definition) is 2. The van der Waals surface area contributed by atoms with E-state index in [2.05, 4.69) is 18.3 Å². The molecule has 12 heavy (non-hydrogen) atoms. The smallest absolute Gasteiger partial charge is 0.0830 e. The van der Waals surface area contributed by atoms with Gasteiger partial charge in [-0.25, -0.2) is 0 Å². The molecule has 2 heteroatoms. The highest BCUT2D eigenvalue weighted by Crippen LogP contribution is 2.31. The van der Waals surface area contributed by atoms with Gasteiger partial charge in [0.2, 0.25) is 0 Å². The van der Waals surface area contributed by atoms with E-state index in [1.165, 1.54) is 0 Å². The molecule has 0 amide bonds. The standard InChI is InChI=1S/C10H11NS/c1-4-8-6-5-7-9(12-3)10(8)11-2/h4-7H,1-2H2,3H3. The maximum atomic E-state index is 3.97. The van der Waals surface area contributed by atoms with Crippen molar-refractivity contribution >= 4 is 30.2 Å². The molecule has 0 fully saturated rings. The van der Waals surface area contributed by atoms with Gasteiger partial charge in [-0.3, -0.25) is 4.99 Å². The maximum absolute atomic E-state index is 3.97. The van der Waals surface area contributed by atoms with E-state index < -0.39 is 0 Å². The number of aliphatic imine (C=N–C) groups is 1. The fourth-order valence-corrected chi connectivity index (χ4v) is 1.63. The Bertz CT molecular complexity index is 305. The summed E-state index contributed by atoms with van der Waals surface area (Å²) in [4.78, 5) is 5.11. The van der Waals surface area contributed by atoms with Crippen LogP contribution in [0.25, 0.3) is 6.08 Å². The topological polar surface area (TPSA) is 12.4 Å². The molecule has 0 heterocycles. The highest BCUT2D eigenvalue weighted by atomic mass is 32.2. The van der Waals surface area contributed by atoms with Gasteiger partial charge in [-0.15, -0.1) is 11.8 Å². The Balaban J connectivity index is 3.31. The minimum absolute atomic E-state index is 0.931. The van der Waals surface area contributed by atoms with Crippen LogP contribution in [0, 0.1) is 0 Å². The molecule has 1 aromatic rings. The molecule has 0 saturated heterocycles. The van der Waals surface area contributed by atoms with E-state index >= 15 is 0 Å². The molecule has 0 aliphatic carbocycles. The number of nitrogens with zero attached hydrogens (tertiary/aromatic N) is 1. The van der Waals surface area contributed by atoms with E-state index in [1.54, 1.807) is 17.8 Å². The number of rotatable bonds is 3. The lowest BCUT2D eigenvalue weighted by molar-refractivity contribution is 1.38. The van der Waals surface area contributed by atoms with Gasteiger partial charge in [0, 0.05) is 10.5 Å². The molecule has 0 radical (unpaired) electrons. The number of hydrogen-bond donors (Lipinski definition) is 0. The average molecular weight is 177 g/mol. The molecule has 0 saturated carbocycles. The second kappa shape index (κ2) is 4.12. The van der Waals surface area contributed by atoms with Crippen molar-refractivity contribution in [3.63, 3.8) is 0 Å². The summed E-state index contributed by atoms with van der Waals surface area (Å²) in [6.07, 6.45) is 3.82. The lowest BCUT2D eigenvalue weighted by atomic mass is 10.2. The molecular weight excluding hydrogens is 166 g/mol. The second-order valence-corrected chi connectivity index (χ2v) is 3.11. The van der Waals surface area contributed by atoms with Gasteiger partial charge in [-0.05, 0) is 19.0 Å². The van der Waals surface area contributed by atoms with Gasteiger partial charge in [0.15, 0.2) is 0 Å². The molecule has 1 nitrogen and oxygen atoms in total. The molecule has 1 rings (SSSR count). The van der Waals surface area contributed by atoms with Crippen molar-refractivity contribution in [3.8, 4) is 0 Å². The van der Waals surface area contributed by atoms with Crippen molar-refractivity contribution in [2.45, 2.75) is 4.90 Å². The quantitative estimate of drug-likeness (QED) is 0.509. The van der Waals surface area contributed by atoms with E-state index in [1.807, 2.05) is 24.5 Å². The first-order valence-corrected chi connectivity index (χ1v) is 4.82. The number of para-hydroxylation sites is 1. The molecular formula is C10H11NS. The Morgan fingerprint density at radius 1 is 1.50 bits per heavy atom. The molecule has 0 N–H and O–H groups in total. The van der Waals surface area contributed by atoms with Gasteiger partial charge in [-0.2, -0.15) is 0 Å². The number of thioether (sulfide) groups is 1. The minimum atomic E-state index is 0.931. The molecule has 0 unspecified atom stereocenters. The Hall–Kier alpha value is -1.02. The fourth-order valence-electron chi connectivity index (χ4n) is 1.04. The highest BCUT2D eigenvalue weighted by Gasteiger charge is 2.01. The Kier molecular flexibility index (Phi) is 3.11. The summed E-state index contributed by atoms with van der Waals surface area (Å²) in [6.45, 7) is 7.25. The zero-order valence-corrected chi connectivity index (χ0v) is 7.90. The average Bonchev–Trinajstić information content (AvgIpc) is 2.16. The number of benzene rings is 1. The van der Waals surface area contributed by atoms with Gasteiger partial charge in [0.1, 0.15) is 0 Å². The summed E-state index contributed by atoms with van der Waals surface area (Å²) < 4.78 is 0. The van der Waals surface area contributed by atoms with Crippen LogP contribution >= 0.6 is 11.8 Å². The van der Waals surface area contributed by atoms with Crippen molar-refractivity contribution in [1.82, 2.24) is 0 Å². The van der Waals surface area contributed by atoms with Crippen LogP contribution in [0.1, 0.15) is 5.56 Å². The fraction of sp³-hybridized carbons (Fsp3) is 0.100. The lowest BCUT2D eigenvalue weighted by Crippen LogP contribution is -1.77. The van der Waals surface area contributed by atoms with Crippen molar-refractivity contribution in [1.29, 1.82) is 0 Å². The van der Waals surface area contributed by atoms with E-state index in [9.17, 15) is 0 Å². The summed E-state index contributed by atoms with van der Waals surface area (Å²) in [5.74, 6) is 0. The zero-order valence-electron chi connectivity index (χ0n) is 7.08. The van der Waals surface area contributed by atoms with E-state index in [4.69, 9.17) is 0 Å². The van der Waals surface area contributed by atoms with Crippen LogP contribution in [0.3, 0.4) is 0 Å². The summed E-state index contributed by atoms with van der Waals surface area (Å²) in [7, 11) is 0. The van der Waals surface area contributed by atoms with Crippen molar-refractivity contribution in [3.05, 3.63) is 30.3 Å². The molecule has 0 aromatic heterocycles. The first-order chi connectivity index (χ1) is 5.83. The predicted octanol–water partition coefficient (Wildman–Crippen LogP) is 3.38. The van der Waals surface area contributed by atoms with Crippen LogP contribution in [0.15, 0.2) is 34.7 Å². The van der Waals surface area contributed by atoms with Crippen LogP contribution < -0.4 is 0 Å². The monoisotopic (exact) mass is 177 g/mol. The van der Waals surface area contributed by atoms with Gasteiger partial charge in [0.05, 0.1) is 5.69 Å². The van der Waals surface area contributed by atoms with Crippen molar-refractivity contribution < 1.29 is 0 Å². The Morgan fingerprint density at radius 3 is 2.75 bits per heavy atom. The molecule has 0 aliphatic heterocycles. The van der Waals surface area contributed by atoms with Gasteiger partial charge >= 0.3 is 0 Å². The highest BCUT2D eigenvalue weighted by molar-refractivity contribution is 7.98. The van der Waals surface area contributed by atoms with E-state index in [-0.39, 0.29) is 0 Å². The third-order valence-electron chi connectivity index (χ3n) is 1.63. The van der Waals surface area contributed by atoms with Crippen LogP contribution in [-0.2, 0) is 0 Å². The SMILES string of the molecule is C=Cc1cccc(SC)c1N=C. The molecule has 1 aromatic carbocycles. The zero-order chi connectivity index (χ0) is 8.97. The molecule has 0 aliphatic rings. The summed E-state index contributed by atoms with van der Waals surface area (Å²) in [5.41, 5.74) is 1.97. The van der Waals surface area contributed by atoms with Gasteiger partial charge in [0.25, 0.3) is 0 Å². The van der Waals surface area contributed by atoms with Crippen LogP contribution in [-0.4, -0.2) is 13.0 Å². The molecule has 0 spiro atoms. The van der Waals surface area contributed by atoms with Crippen LogP contribution in [0.5, 0.6) is 0 Å². The summed E-state index contributed by atoms with van der Waals surface area (Å²) >= 11 is 1.67. The first-order valence-electron chi connectivity index (χ1n) is 3.59. The normalized spacial score (nSPS) is 9.42. The Morgan fingerprint density at radius 2 is 2.25 bits per heavy atom. The Labute approximate surface area is 77.2 Å². The van der Waals surface area contributed by atoms with Crippen molar-refractivity contribution in [2.75, 3.05) is 6.26 Å². The molecule has 0 bridgehead atoms. The summed E-state index contributed by atoms with van der Waals surface area (Å²) in [5, 5.41) is 0. The second-order valence-electron chi connectivity index (χ2n) is 2.26. The largest absolute Gasteiger partial charge is 0.263 e. The van der Waals surface area contributed by atoms with Gasteiger partial charge < -0.3 is 0 Å². The van der Waals surface area contributed by atoms with E-state index in [0.29, 0.717) is 0 Å². The van der Waals surface area contributed by atoms with Gasteiger partial charge in [-0.1, -0.05) is 24.8 Å². The van der Waals surface area contributed by atoms with Crippen LogP contribution in [0.4, 0.5) is 5.69 Å². The molecule has 62 valence electrons. The summed E-state index contributed by atoms with van der Waals surface area (Å²) in [6, 6.07) is 6.01. The third-order valence-corrected chi connectivity index (χ3v) is 2.40. The molecule has 0 atom stereocenters. The van der Waals surface area contributed by atoms with E-state index in [0.717, 1.165) is 16.1 Å². The maximum Gasteiger partial charge on any atom is 0.0830 e. The minimum Gasteiger partial charge on any atom is -0.263 e. The third kappa shape index (κ3) is 1.59. The van der Waals surface area contributed by atoms with Crippen LogP contribution in [0.2, 0.25) is 0 Å². The predicted molar refractivity (Wildman–Crippen MR) is 57.5 cm³/mol. The first kappa shape index (κ1) is 9.07. The lowest BCUT2D eigenvalue weighted by Gasteiger charge is -2.04.